The number of esters is 2. The molecular formula is C30H23F3O6. The molecule has 0 aromatic heterocycles. The first-order valence-electron chi connectivity index (χ1n) is 11.3. The Kier molecular flexibility index (Phi) is 9.48. The Balaban J connectivity index is 1.72. The second kappa shape index (κ2) is 13.0. The van der Waals surface area contributed by atoms with E-state index in [1.165, 1.54) is 25.3 Å². The first-order chi connectivity index (χ1) is 18.6. The maximum atomic E-state index is 13.8. The van der Waals surface area contributed by atoms with E-state index in [2.05, 4.69) is 17.9 Å². The van der Waals surface area contributed by atoms with Crippen molar-refractivity contribution in [3.8, 4) is 33.8 Å². The fourth-order valence-corrected chi connectivity index (χ4v) is 3.20. The van der Waals surface area contributed by atoms with Crippen molar-refractivity contribution in [2.75, 3.05) is 0 Å². The fraction of sp³-hybridized carbons (Fsp3) is 0.0667. The highest BCUT2D eigenvalue weighted by Crippen LogP contribution is 2.39. The Morgan fingerprint density at radius 1 is 0.744 bits per heavy atom. The summed E-state index contributed by atoms with van der Waals surface area (Å²) in [5.41, 5.74) is 1.31. The van der Waals surface area contributed by atoms with E-state index in [-0.39, 0.29) is 16.9 Å². The maximum absolute atomic E-state index is 13.8. The van der Waals surface area contributed by atoms with Gasteiger partial charge in [0.15, 0.2) is 0 Å². The summed E-state index contributed by atoms with van der Waals surface area (Å²) in [5.74, 6) is -0.894. The van der Waals surface area contributed by atoms with Crippen molar-refractivity contribution in [1.82, 2.24) is 0 Å². The third-order valence-electron chi connectivity index (χ3n) is 5.07. The minimum Gasteiger partial charge on any atom is -0.462 e. The molecule has 0 bridgehead atoms. The van der Waals surface area contributed by atoms with Crippen LogP contribution in [0.1, 0.15) is 12.5 Å². The summed E-state index contributed by atoms with van der Waals surface area (Å²) in [6, 6.07) is 17.1. The van der Waals surface area contributed by atoms with Gasteiger partial charge in [0.05, 0.1) is 5.56 Å². The number of hydrogen-bond donors (Lipinski definition) is 0. The summed E-state index contributed by atoms with van der Waals surface area (Å²) in [4.78, 5) is 22.3. The molecule has 200 valence electrons. The molecule has 0 fully saturated rings. The average molecular weight is 537 g/mol. The molecule has 0 saturated heterocycles. The molecule has 0 aliphatic rings. The highest BCUT2D eigenvalue weighted by Gasteiger charge is 2.34. The molecule has 0 atom stereocenters. The van der Waals surface area contributed by atoms with E-state index < -0.39 is 23.7 Å². The average Bonchev–Trinajstić information content (AvgIpc) is 2.93. The van der Waals surface area contributed by atoms with Gasteiger partial charge in [0.2, 0.25) is 0 Å². The summed E-state index contributed by atoms with van der Waals surface area (Å²) in [6.07, 6.45) is 0.474. The fourth-order valence-electron chi connectivity index (χ4n) is 3.20. The standard InChI is InChI=1S/C30H23F3O6/c1-4-28(34)38-17-15-37-25-13-14-26(27(19-25)30(31,32)33)23-7-5-21(6-8-23)22-9-11-24(12-10-22)36-16-18-39-29(35)20(2)3/h4-19H,1-2H2,3H3/b17-15-,18-16-. The van der Waals surface area contributed by atoms with Crippen molar-refractivity contribution in [2.24, 2.45) is 0 Å². The van der Waals surface area contributed by atoms with E-state index in [9.17, 15) is 22.8 Å². The van der Waals surface area contributed by atoms with E-state index in [0.717, 1.165) is 42.1 Å². The summed E-state index contributed by atoms with van der Waals surface area (Å²) in [6.45, 7) is 8.22. The molecule has 0 heterocycles. The van der Waals surface area contributed by atoms with Crippen LogP contribution in [-0.2, 0) is 25.2 Å². The molecule has 0 N–H and O–H groups in total. The second-order valence-electron chi connectivity index (χ2n) is 7.91. The normalized spacial score (nSPS) is 11.3. The maximum Gasteiger partial charge on any atom is 0.417 e. The zero-order chi connectivity index (χ0) is 28.4. The first kappa shape index (κ1) is 28.5. The Labute approximate surface area is 222 Å². The Bertz CT molecular complexity index is 1400. The number of alkyl halides is 3. The van der Waals surface area contributed by atoms with Crippen LogP contribution in [-0.4, -0.2) is 11.9 Å². The molecule has 0 aliphatic heterocycles. The molecule has 39 heavy (non-hydrogen) atoms. The summed E-state index contributed by atoms with van der Waals surface area (Å²) in [7, 11) is 0. The van der Waals surface area contributed by atoms with Crippen molar-refractivity contribution in [3.63, 3.8) is 0 Å². The molecule has 0 aliphatic carbocycles. The lowest BCUT2D eigenvalue weighted by atomic mass is 9.96. The molecule has 0 saturated carbocycles. The van der Waals surface area contributed by atoms with Crippen molar-refractivity contribution in [1.29, 1.82) is 0 Å². The first-order valence-corrected chi connectivity index (χ1v) is 11.3. The van der Waals surface area contributed by atoms with Gasteiger partial charge in [0, 0.05) is 11.6 Å². The van der Waals surface area contributed by atoms with Gasteiger partial charge in [-0.2, -0.15) is 13.2 Å². The zero-order valence-corrected chi connectivity index (χ0v) is 20.7. The van der Waals surface area contributed by atoms with Gasteiger partial charge in [-0.15, -0.1) is 0 Å². The lowest BCUT2D eigenvalue weighted by Crippen LogP contribution is -2.07. The molecule has 3 aromatic rings. The Morgan fingerprint density at radius 2 is 1.26 bits per heavy atom. The summed E-state index contributed by atoms with van der Waals surface area (Å²) in [5, 5.41) is 0. The van der Waals surface area contributed by atoms with Crippen LogP contribution >= 0.6 is 0 Å². The number of carbonyl (C=O) groups excluding carboxylic acids is 2. The quantitative estimate of drug-likeness (QED) is 0.151. The summed E-state index contributed by atoms with van der Waals surface area (Å²) >= 11 is 0. The van der Waals surface area contributed by atoms with Gasteiger partial charge < -0.3 is 18.9 Å². The van der Waals surface area contributed by atoms with Crippen molar-refractivity contribution >= 4 is 11.9 Å². The third-order valence-corrected chi connectivity index (χ3v) is 5.07. The second-order valence-corrected chi connectivity index (χ2v) is 7.91. The number of halogens is 3. The minimum absolute atomic E-state index is 0.0219. The van der Waals surface area contributed by atoms with Gasteiger partial charge in [0.25, 0.3) is 0 Å². The number of ether oxygens (including phenoxy) is 4. The van der Waals surface area contributed by atoms with Gasteiger partial charge in [-0.3, -0.25) is 0 Å². The number of hydrogen-bond acceptors (Lipinski definition) is 6. The predicted octanol–water partition coefficient (Wildman–Crippen LogP) is 7.59. The van der Waals surface area contributed by atoms with Crippen LogP contribution in [0.15, 0.2) is 117 Å². The summed E-state index contributed by atoms with van der Waals surface area (Å²) < 4.78 is 61.3. The lowest BCUT2D eigenvalue weighted by molar-refractivity contribution is -0.137. The molecule has 0 unspecified atom stereocenters. The molecule has 3 rings (SSSR count). The Morgan fingerprint density at radius 3 is 1.82 bits per heavy atom. The molecule has 6 nitrogen and oxygen atoms in total. The SMILES string of the molecule is C=CC(=O)O/C=C\Oc1ccc(-c2ccc(-c3ccc(O/C=C\OC(=O)C(=C)C)cc3)cc2)c(C(F)(F)F)c1. The van der Waals surface area contributed by atoms with Crippen LogP contribution in [0.4, 0.5) is 13.2 Å². The van der Waals surface area contributed by atoms with Crippen LogP contribution < -0.4 is 9.47 Å². The monoisotopic (exact) mass is 536 g/mol. The molecule has 9 heteroatoms. The van der Waals surface area contributed by atoms with Crippen molar-refractivity contribution in [3.05, 3.63) is 122 Å². The van der Waals surface area contributed by atoms with E-state index in [1.807, 2.05) is 0 Å². The molecule has 0 spiro atoms. The van der Waals surface area contributed by atoms with Crippen molar-refractivity contribution < 1.29 is 41.7 Å². The Hall–Kier alpha value is -5.05. The van der Waals surface area contributed by atoms with Crippen LogP contribution in [0.5, 0.6) is 11.5 Å². The molecule has 3 aromatic carbocycles. The highest BCUT2D eigenvalue weighted by molar-refractivity contribution is 5.87. The van der Waals surface area contributed by atoms with Crippen LogP contribution in [0.3, 0.4) is 0 Å². The highest BCUT2D eigenvalue weighted by atomic mass is 19.4. The van der Waals surface area contributed by atoms with E-state index >= 15 is 0 Å². The van der Waals surface area contributed by atoms with E-state index in [1.54, 1.807) is 48.5 Å². The van der Waals surface area contributed by atoms with Crippen LogP contribution in [0.25, 0.3) is 22.3 Å². The molecule has 0 radical (unpaired) electrons. The third kappa shape index (κ3) is 8.22. The van der Waals surface area contributed by atoms with E-state index in [0.29, 0.717) is 11.3 Å². The smallest absolute Gasteiger partial charge is 0.417 e. The van der Waals surface area contributed by atoms with Gasteiger partial charge in [-0.05, 0) is 53.4 Å². The predicted molar refractivity (Wildman–Crippen MR) is 139 cm³/mol. The number of carbonyl (C=O) groups is 2. The minimum atomic E-state index is -4.64. The van der Waals surface area contributed by atoms with Gasteiger partial charge in [-0.25, -0.2) is 9.59 Å². The van der Waals surface area contributed by atoms with Gasteiger partial charge in [0.1, 0.15) is 36.5 Å². The topological polar surface area (TPSA) is 71.1 Å². The molecular weight excluding hydrogens is 513 g/mol. The van der Waals surface area contributed by atoms with Crippen LogP contribution in [0.2, 0.25) is 0 Å². The van der Waals surface area contributed by atoms with Gasteiger partial charge in [-0.1, -0.05) is 55.6 Å². The lowest BCUT2D eigenvalue weighted by Gasteiger charge is -2.15. The van der Waals surface area contributed by atoms with Crippen molar-refractivity contribution in [2.45, 2.75) is 13.1 Å². The van der Waals surface area contributed by atoms with E-state index in [4.69, 9.17) is 14.2 Å². The number of benzene rings is 3. The number of rotatable bonds is 10. The zero-order valence-electron chi connectivity index (χ0n) is 20.7. The van der Waals surface area contributed by atoms with Gasteiger partial charge >= 0.3 is 18.1 Å². The largest absolute Gasteiger partial charge is 0.462 e. The van der Waals surface area contributed by atoms with Crippen LogP contribution in [0, 0.1) is 0 Å². The molecule has 0 amide bonds.